The summed E-state index contributed by atoms with van der Waals surface area (Å²) in [5.41, 5.74) is 2.27. The minimum absolute atomic E-state index is 0.0176. The minimum Gasteiger partial charge on any atom is -0.501 e. The maximum absolute atomic E-state index is 13.4. The first-order chi connectivity index (χ1) is 20.3. The highest BCUT2D eigenvalue weighted by molar-refractivity contribution is 5.97. The van der Waals surface area contributed by atoms with Crippen LogP contribution in [0.25, 0.3) is 0 Å². The summed E-state index contributed by atoms with van der Waals surface area (Å²) in [6.45, 7) is 6.11. The van der Waals surface area contributed by atoms with Crippen molar-refractivity contribution < 1.29 is 23.8 Å². The molecule has 224 valence electrons. The van der Waals surface area contributed by atoms with Crippen LogP contribution in [-0.2, 0) is 30.3 Å². The number of hydrogen-bond donors (Lipinski definition) is 1. The predicted octanol–water partition coefficient (Wildman–Crippen LogP) is 2.52. The van der Waals surface area contributed by atoms with Gasteiger partial charge in [-0.15, -0.1) is 0 Å². The maximum Gasteiger partial charge on any atom is 0.254 e. The number of aromatic nitrogens is 2. The van der Waals surface area contributed by atoms with E-state index in [1.807, 2.05) is 54.9 Å². The zero-order chi connectivity index (χ0) is 30.1. The molecule has 2 amide bonds. The molecule has 0 saturated carbocycles. The van der Waals surface area contributed by atoms with Crippen molar-refractivity contribution in [1.29, 1.82) is 0 Å². The molecule has 1 aromatic heterocycles. The molecule has 2 aliphatic rings. The zero-order valence-electron chi connectivity index (χ0n) is 24.9. The fourth-order valence-corrected chi connectivity index (χ4v) is 5.00. The summed E-state index contributed by atoms with van der Waals surface area (Å²) >= 11 is 0. The van der Waals surface area contributed by atoms with Gasteiger partial charge in [0.2, 0.25) is 5.91 Å². The lowest BCUT2D eigenvalue weighted by atomic mass is 10.1. The average Bonchev–Trinajstić information content (AvgIpc) is 3.23. The molecule has 1 fully saturated rings. The van der Waals surface area contributed by atoms with E-state index >= 15 is 0 Å². The Morgan fingerprint density at radius 2 is 1.69 bits per heavy atom. The number of piperazine rings is 1. The first-order valence-corrected chi connectivity index (χ1v) is 14.0. The number of nitrogens with one attached hydrogen (secondary N) is 1. The monoisotopic (exact) mass is 576 g/mol. The molecular formula is C31H40N6O5. The van der Waals surface area contributed by atoms with Gasteiger partial charge >= 0.3 is 0 Å². The van der Waals surface area contributed by atoms with Crippen LogP contribution in [0.1, 0.15) is 32.0 Å². The lowest BCUT2D eigenvalue weighted by molar-refractivity contribution is -0.139. The van der Waals surface area contributed by atoms with E-state index in [-0.39, 0.29) is 18.0 Å². The molecule has 2 heterocycles. The number of hydrogen-bond acceptors (Lipinski definition) is 8. The second kappa shape index (κ2) is 14.5. The van der Waals surface area contributed by atoms with E-state index in [1.165, 1.54) is 0 Å². The highest BCUT2D eigenvalue weighted by Gasteiger charge is 2.29. The van der Waals surface area contributed by atoms with Crippen LogP contribution >= 0.6 is 0 Å². The van der Waals surface area contributed by atoms with Crippen LogP contribution in [0.4, 0.5) is 0 Å². The Morgan fingerprint density at radius 1 is 0.976 bits per heavy atom. The standard InChI is InChI=1S/C31H40N6O5/c1-22(34-23(2)37-12-11-32-21-29(37)33-20-24-9-7-6-8-10-24)30(38)35-13-15-36(16-14-35)31(39)25-17-26(40-3)19-28(42-5)27(18-25)41-4/h6-12,17-18,21-23,34H,13-16,19-20H2,1-5H3. The third-order valence-electron chi connectivity index (χ3n) is 7.38. The smallest absolute Gasteiger partial charge is 0.254 e. The molecule has 1 saturated heterocycles. The third-order valence-corrected chi connectivity index (χ3v) is 7.38. The Bertz CT molecular complexity index is 1410. The number of amides is 2. The van der Waals surface area contributed by atoms with Gasteiger partial charge in [0.05, 0.1) is 52.7 Å². The van der Waals surface area contributed by atoms with Crippen molar-refractivity contribution in [2.45, 2.75) is 39.0 Å². The molecule has 0 radical (unpaired) electrons. The molecule has 11 heteroatoms. The summed E-state index contributed by atoms with van der Waals surface area (Å²) < 4.78 is 18.3. The number of methoxy groups -OCH3 is 3. The molecule has 2 aromatic rings. The van der Waals surface area contributed by atoms with Crippen molar-refractivity contribution in [1.82, 2.24) is 24.7 Å². The van der Waals surface area contributed by atoms with Crippen molar-refractivity contribution in [3.8, 4) is 0 Å². The average molecular weight is 577 g/mol. The molecule has 42 heavy (non-hydrogen) atoms. The maximum atomic E-state index is 13.4. The van der Waals surface area contributed by atoms with E-state index in [9.17, 15) is 9.59 Å². The fraction of sp³-hybridized carbons (Fsp3) is 0.419. The van der Waals surface area contributed by atoms with Crippen molar-refractivity contribution in [2.75, 3.05) is 47.5 Å². The summed E-state index contributed by atoms with van der Waals surface area (Å²) in [4.78, 5) is 39.3. The van der Waals surface area contributed by atoms with Gasteiger partial charge in [0.1, 0.15) is 17.0 Å². The number of ether oxygens (including phenoxy) is 3. The van der Waals surface area contributed by atoms with E-state index < -0.39 is 6.04 Å². The summed E-state index contributed by atoms with van der Waals surface area (Å²) in [6.07, 6.45) is 8.86. The summed E-state index contributed by atoms with van der Waals surface area (Å²) in [5.74, 6) is 1.50. The molecular weight excluding hydrogens is 536 g/mol. The first kappa shape index (κ1) is 30.6. The summed E-state index contributed by atoms with van der Waals surface area (Å²) in [5, 5.41) is 3.40. The van der Waals surface area contributed by atoms with Crippen molar-refractivity contribution >= 4 is 11.8 Å². The van der Waals surface area contributed by atoms with E-state index in [0.29, 0.717) is 62.0 Å². The van der Waals surface area contributed by atoms with Crippen LogP contribution in [0.5, 0.6) is 0 Å². The third kappa shape index (κ3) is 7.47. The molecule has 11 nitrogen and oxygen atoms in total. The topological polar surface area (TPSA) is 111 Å². The van der Waals surface area contributed by atoms with Gasteiger partial charge in [-0.2, -0.15) is 0 Å². The molecule has 0 spiro atoms. The quantitative estimate of drug-likeness (QED) is 0.463. The van der Waals surface area contributed by atoms with Gasteiger partial charge < -0.3 is 28.6 Å². The van der Waals surface area contributed by atoms with Crippen LogP contribution in [0.2, 0.25) is 0 Å². The normalized spacial score (nSPS) is 17.6. The number of carbonyl (C=O) groups is 2. The Balaban J connectivity index is 1.37. The number of benzene rings is 1. The van der Waals surface area contributed by atoms with Gasteiger partial charge in [0.15, 0.2) is 5.76 Å². The highest BCUT2D eigenvalue weighted by Crippen LogP contribution is 2.25. The van der Waals surface area contributed by atoms with Crippen LogP contribution in [0.15, 0.2) is 88.9 Å². The lowest BCUT2D eigenvalue weighted by Gasteiger charge is -2.36. The largest absolute Gasteiger partial charge is 0.501 e. The SMILES string of the molecule is COC1=CC(C(=O)N2CCN(C(=O)C(C)NC(C)n3ccncc3=NCc3ccccc3)CC2)=CC(OC)=C(OC)C1. The first-order valence-electron chi connectivity index (χ1n) is 14.0. The molecule has 0 bridgehead atoms. The Kier molecular flexibility index (Phi) is 10.6. The van der Waals surface area contributed by atoms with Crippen molar-refractivity contribution in [3.63, 3.8) is 0 Å². The van der Waals surface area contributed by atoms with E-state index in [0.717, 1.165) is 11.1 Å². The molecule has 2 atom stereocenters. The molecule has 1 N–H and O–H groups in total. The second-order valence-electron chi connectivity index (χ2n) is 10.1. The van der Waals surface area contributed by atoms with E-state index in [2.05, 4.69) is 10.3 Å². The highest BCUT2D eigenvalue weighted by atomic mass is 16.5. The summed E-state index contributed by atoms with van der Waals surface area (Å²) in [7, 11) is 4.66. The Hall–Kier alpha value is -4.38. The van der Waals surface area contributed by atoms with Crippen molar-refractivity contribution in [2.24, 2.45) is 4.99 Å². The van der Waals surface area contributed by atoms with Crippen molar-refractivity contribution in [3.05, 3.63) is 95.0 Å². The van der Waals surface area contributed by atoms with E-state index in [1.54, 1.807) is 55.7 Å². The fourth-order valence-electron chi connectivity index (χ4n) is 5.00. The minimum atomic E-state index is -0.441. The van der Waals surface area contributed by atoms with Gasteiger partial charge in [-0.05, 0) is 31.6 Å². The zero-order valence-corrected chi connectivity index (χ0v) is 24.9. The van der Waals surface area contributed by atoms with Crippen LogP contribution in [-0.4, -0.2) is 84.7 Å². The second-order valence-corrected chi connectivity index (χ2v) is 10.1. The number of nitrogens with zero attached hydrogens (tertiary/aromatic N) is 5. The predicted molar refractivity (Wildman–Crippen MR) is 157 cm³/mol. The number of rotatable bonds is 10. The molecule has 4 rings (SSSR count). The Labute approximate surface area is 246 Å². The molecule has 1 aliphatic heterocycles. The Morgan fingerprint density at radius 3 is 2.36 bits per heavy atom. The lowest BCUT2D eigenvalue weighted by Crippen LogP contribution is -2.55. The van der Waals surface area contributed by atoms with Crippen LogP contribution in [0.3, 0.4) is 0 Å². The van der Waals surface area contributed by atoms with Gasteiger partial charge in [-0.25, -0.2) is 0 Å². The van der Waals surface area contributed by atoms with Crippen LogP contribution < -0.4 is 10.8 Å². The van der Waals surface area contributed by atoms with Gasteiger partial charge in [0.25, 0.3) is 5.91 Å². The number of allylic oxidation sites excluding steroid dienone is 1. The van der Waals surface area contributed by atoms with E-state index in [4.69, 9.17) is 19.2 Å². The van der Waals surface area contributed by atoms with Gasteiger partial charge in [0, 0.05) is 44.1 Å². The van der Waals surface area contributed by atoms with Crippen LogP contribution in [0, 0.1) is 0 Å². The summed E-state index contributed by atoms with van der Waals surface area (Å²) in [6, 6.07) is 9.59. The van der Waals surface area contributed by atoms with Gasteiger partial charge in [-0.1, -0.05) is 30.3 Å². The number of carbonyl (C=O) groups excluding carboxylic acids is 2. The molecule has 1 aliphatic carbocycles. The molecule has 2 unspecified atom stereocenters. The molecule has 1 aromatic carbocycles. The van der Waals surface area contributed by atoms with Gasteiger partial charge in [-0.3, -0.25) is 24.9 Å².